The van der Waals surface area contributed by atoms with Gasteiger partial charge in [-0.25, -0.2) is 13.2 Å². The largest absolute Gasteiger partial charge is 0.445 e. The normalized spacial score (nSPS) is 11.7. The summed E-state index contributed by atoms with van der Waals surface area (Å²) in [4.78, 5) is 12.2. The van der Waals surface area contributed by atoms with Crippen LogP contribution in [0.3, 0.4) is 0 Å². The molecule has 3 aromatic carbocycles. The van der Waals surface area contributed by atoms with Gasteiger partial charge in [-0.2, -0.15) is 20.1 Å². The molecule has 36 heavy (non-hydrogen) atoms. The van der Waals surface area contributed by atoms with Crippen LogP contribution in [0, 0.1) is 0 Å². The Bertz CT molecular complexity index is 1400. The van der Waals surface area contributed by atoms with Gasteiger partial charge in [0, 0.05) is 6.54 Å². The standard InChI is InChI=1S/C26H27N5O4S/c1-26(2,24-17-28-31-29-24)30-36(33,34)23-13-11-21(12-14-23)22-10-6-9-20(15-22)16-27-25(32)35-18-19-7-4-3-5-8-19/h3-15,17,30H,16,18H2,1-2H3,(H,27,32)(H,28,29,31). The van der Waals surface area contributed by atoms with Crippen molar-refractivity contribution in [2.45, 2.75) is 37.4 Å². The van der Waals surface area contributed by atoms with E-state index in [2.05, 4.69) is 25.4 Å². The zero-order chi connectivity index (χ0) is 25.6. The molecule has 10 heteroatoms. The predicted octanol–water partition coefficient (Wildman–Crippen LogP) is 4.11. The molecule has 0 aliphatic heterocycles. The number of hydrogen-bond donors (Lipinski definition) is 3. The number of carbonyl (C=O) groups is 1. The maximum Gasteiger partial charge on any atom is 0.407 e. The smallest absolute Gasteiger partial charge is 0.407 e. The number of carbonyl (C=O) groups excluding carboxylic acids is 1. The fourth-order valence-corrected chi connectivity index (χ4v) is 4.97. The Labute approximate surface area is 210 Å². The second-order valence-electron chi connectivity index (χ2n) is 8.73. The van der Waals surface area contributed by atoms with Crippen LogP contribution in [0.1, 0.15) is 30.7 Å². The average molecular weight is 506 g/mol. The Kier molecular flexibility index (Phi) is 7.47. The summed E-state index contributed by atoms with van der Waals surface area (Å²) < 4.78 is 33.7. The summed E-state index contributed by atoms with van der Waals surface area (Å²) in [7, 11) is -3.79. The summed E-state index contributed by atoms with van der Waals surface area (Å²) in [5.74, 6) is 0. The van der Waals surface area contributed by atoms with E-state index >= 15 is 0 Å². The van der Waals surface area contributed by atoms with Crippen LogP contribution >= 0.6 is 0 Å². The Morgan fingerprint density at radius 2 is 1.67 bits per heavy atom. The van der Waals surface area contributed by atoms with E-state index < -0.39 is 21.7 Å². The number of nitrogens with zero attached hydrogens (tertiary/aromatic N) is 2. The van der Waals surface area contributed by atoms with Crippen LogP contribution in [-0.2, 0) is 33.5 Å². The number of hydrogen-bond acceptors (Lipinski definition) is 6. The third-order valence-corrected chi connectivity index (χ3v) is 7.19. The minimum absolute atomic E-state index is 0.141. The number of rotatable bonds is 9. The van der Waals surface area contributed by atoms with Crippen molar-refractivity contribution in [1.82, 2.24) is 25.4 Å². The van der Waals surface area contributed by atoms with Gasteiger partial charge in [0.05, 0.1) is 16.6 Å². The molecular weight excluding hydrogens is 478 g/mol. The molecular formula is C26H27N5O4S. The maximum absolute atomic E-state index is 12.9. The average Bonchev–Trinajstić information content (AvgIpc) is 3.43. The van der Waals surface area contributed by atoms with E-state index in [4.69, 9.17) is 4.74 Å². The minimum Gasteiger partial charge on any atom is -0.445 e. The van der Waals surface area contributed by atoms with Crippen LogP contribution in [0.2, 0.25) is 0 Å². The van der Waals surface area contributed by atoms with Gasteiger partial charge in [0.15, 0.2) is 0 Å². The first kappa shape index (κ1) is 25.1. The monoisotopic (exact) mass is 505 g/mol. The molecule has 9 nitrogen and oxygen atoms in total. The van der Waals surface area contributed by atoms with E-state index in [1.807, 2.05) is 54.6 Å². The van der Waals surface area contributed by atoms with Crippen LogP contribution in [0.4, 0.5) is 4.79 Å². The number of ether oxygens (including phenoxy) is 1. The van der Waals surface area contributed by atoms with Crippen molar-refractivity contribution in [3.05, 3.63) is 102 Å². The molecule has 3 N–H and O–H groups in total. The summed E-state index contributed by atoms with van der Waals surface area (Å²) >= 11 is 0. The molecule has 0 fully saturated rings. The summed E-state index contributed by atoms with van der Waals surface area (Å²) in [6.07, 6.45) is 0.982. The number of nitrogens with one attached hydrogen (secondary N) is 3. The second kappa shape index (κ2) is 10.7. The molecule has 0 aliphatic rings. The number of H-pyrrole nitrogens is 1. The van der Waals surface area contributed by atoms with Crippen molar-refractivity contribution >= 4 is 16.1 Å². The molecule has 0 radical (unpaired) electrons. The second-order valence-corrected chi connectivity index (χ2v) is 10.4. The van der Waals surface area contributed by atoms with E-state index in [1.54, 1.807) is 38.1 Å². The fourth-order valence-electron chi connectivity index (χ4n) is 3.59. The van der Waals surface area contributed by atoms with Gasteiger partial charge in [-0.15, -0.1) is 0 Å². The van der Waals surface area contributed by atoms with Gasteiger partial charge < -0.3 is 10.1 Å². The highest BCUT2D eigenvalue weighted by Crippen LogP contribution is 2.25. The molecule has 0 unspecified atom stereocenters. The molecule has 0 saturated carbocycles. The highest BCUT2D eigenvalue weighted by atomic mass is 32.2. The lowest BCUT2D eigenvalue weighted by atomic mass is 10.0. The van der Waals surface area contributed by atoms with Crippen molar-refractivity contribution < 1.29 is 17.9 Å². The van der Waals surface area contributed by atoms with Gasteiger partial charge in [0.1, 0.15) is 12.3 Å². The topological polar surface area (TPSA) is 126 Å². The van der Waals surface area contributed by atoms with Gasteiger partial charge in [-0.05, 0) is 54.3 Å². The molecule has 0 atom stereocenters. The van der Waals surface area contributed by atoms with Crippen molar-refractivity contribution in [3.63, 3.8) is 0 Å². The van der Waals surface area contributed by atoms with E-state index in [-0.39, 0.29) is 11.5 Å². The Morgan fingerprint density at radius 3 is 2.36 bits per heavy atom. The van der Waals surface area contributed by atoms with E-state index in [0.29, 0.717) is 12.2 Å². The summed E-state index contributed by atoms with van der Waals surface area (Å²) in [6.45, 7) is 3.93. The van der Waals surface area contributed by atoms with Crippen molar-refractivity contribution in [2.75, 3.05) is 0 Å². The van der Waals surface area contributed by atoms with Crippen molar-refractivity contribution in [1.29, 1.82) is 0 Å². The molecule has 0 bridgehead atoms. The van der Waals surface area contributed by atoms with Crippen LogP contribution in [0.25, 0.3) is 11.1 Å². The van der Waals surface area contributed by atoms with Gasteiger partial charge in [0.25, 0.3) is 0 Å². The quantitative estimate of drug-likeness (QED) is 0.314. The molecule has 1 heterocycles. The number of amides is 1. The molecule has 186 valence electrons. The lowest BCUT2D eigenvalue weighted by molar-refractivity contribution is 0.139. The van der Waals surface area contributed by atoms with Gasteiger partial charge >= 0.3 is 6.09 Å². The first-order chi connectivity index (χ1) is 17.2. The zero-order valence-electron chi connectivity index (χ0n) is 19.9. The molecule has 4 aromatic rings. The number of benzene rings is 3. The first-order valence-corrected chi connectivity index (χ1v) is 12.8. The van der Waals surface area contributed by atoms with Crippen LogP contribution in [0.5, 0.6) is 0 Å². The number of alkyl carbamates (subject to hydrolysis) is 1. The van der Waals surface area contributed by atoms with Crippen molar-refractivity contribution in [3.8, 4) is 11.1 Å². The lowest BCUT2D eigenvalue weighted by Gasteiger charge is -2.23. The summed E-state index contributed by atoms with van der Waals surface area (Å²) in [5, 5.41) is 13.0. The fraction of sp³-hybridized carbons (Fsp3) is 0.192. The van der Waals surface area contributed by atoms with Gasteiger partial charge in [0.2, 0.25) is 10.0 Å². The lowest BCUT2D eigenvalue weighted by Crippen LogP contribution is -2.41. The first-order valence-electron chi connectivity index (χ1n) is 11.3. The Balaban J connectivity index is 1.38. The highest BCUT2D eigenvalue weighted by Gasteiger charge is 2.30. The molecule has 0 spiro atoms. The minimum atomic E-state index is -3.79. The third-order valence-electron chi connectivity index (χ3n) is 5.52. The van der Waals surface area contributed by atoms with E-state index in [0.717, 1.165) is 22.3 Å². The van der Waals surface area contributed by atoms with Gasteiger partial charge in [-0.1, -0.05) is 60.7 Å². The van der Waals surface area contributed by atoms with Crippen LogP contribution in [-0.4, -0.2) is 29.9 Å². The molecule has 0 aliphatic carbocycles. The van der Waals surface area contributed by atoms with Crippen LogP contribution in [0.15, 0.2) is 90.0 Å². The predicted molar refractivity (Wildman–Crippen MR) is 135 cm³/mol. The summed E-state index contributed by atoms with van der Waals surface area (Å²) in [6, 6.07) is 23.7. The van der Waals surface area contributed by atoms with E-state index in [9.17, 15) is 13.2 Å². The van der Waals surface area contributed by atoms with Crippen molar-refractivity contribution in [2.24, 2.45) is 0 Å². The number of aromatic amines is 1. The third kappa shape index (κ3) is 6.35. The molecule has 1 aromatic heterocycles. The highest BCUT2D eigenvalue weighted by molar-refractivity contribution is 7.89. The number of sulfonamides is 1. The Hall–Kier alpha value is -4.02. The number of aromatic nitrogens is 3. The summed E-state index contributed by atoms with van der Waals surface area (Å²) in [5.41, 5.74) is 3.09. The van der Waals surface area contributed by atoms with E-state index in [1.165, 1.54) is 6.20 Å². The maximum atomic E-state index is 12.9. The molecule has 4 rings (SSSR count). The molecule has 0 saturated heterocycles. The van der Waals surface area contributed by atoms with Gasteiger partial charge in [-0.3, -0.25) is 0 Å². The van der Waals surface area contributed by atoms with Crippen LogP contribution < -0.4 is 10.0 Å². The Morgan fingerprint density at radius 1 is 0.944 bits per heavy atom. The SMILES string of the molecule is CC(C)(NS(=O)(=O)c1ccc(-c2cccc(CNC(=O)OCc3ccccc3)c2)cc1)c1cn[nH]n1. The molecule has 1 amide bonds. The zero-order valence-corrected chi connectivity index (χ0v) is 20.7.